The highest BCUT2D eigenvalue weighted by molar-refractivity contribution is 7.97. The summed E-state index contributed by atoms with van der Waals surface area (Å²) >= 11 is 1.64. The highest BCUT2D eigenvalue weighted by Crippen LogP contribution is 2.07. The molecular weight excluding hydrogens is 224 g/mol. The molecule has 0 aromatic carbocycles. The monoisotopic (exact) mass is 236 g/mol. The molecule has 16 heavy (non-hydrogen) atoms. The van der Waals surface area contributed by atoms with Gasteiger partial charge in [0.05, 0.1) is 12.3 Å². The van der Waals surface area contributed by atoms with E-state index in [-0.39, 0.29) is 5.56 Å². The standard InChI is InChI=1S/C10H12N4OS/c1-3-4-14-10(15)7-5-11-8(6-16-2)12-9(7)13-14/h3,5H,1,4,6H2,2H3,(H,11,12,13). The van der Waals surface area contributed by atoms with Crippen LogP contribution in [0.5, 0.6) is 0 Å². The molecule has 0 aliphatic heterocycles. The van der Waals surface area contributed by atoms with E-state index in [0.29, 0.717) is 17.6 Å². The largest absolute Gasteiger partial charge is 0.278 e. The Morgan fingerprint density at radius 1 is 1.69 bits per heavy atom. The number of H-pyrrole nitrogens is 1. The third-order valence-electron chi connectivity index (χ3n) is 2.14. The van der Waals surface area contributed by atoms with Crippen molar-refractivity contribution in [3.05, 3.63) is 35.0 Å². The van der Waals surface area contributed by atoms with Crippen molar-refractivity contribution in [2.45, 2.75) is 12.3 Å². The van der Waals surface area contributed by atoms with Gasteiger partial charge in [0.25, 0.3) is 5.56 Å². The molecule has 2 heterocycles. The van der Waals surface area contributed by atoms with E-state index < -0.39 is 0 Å². The van der Waals surface area contributed by atoms with E-state index in [4.69, 9.17) is 0 Å². The average molecular weight is 236 g/mol. The van der Waals surface area contributed by atoms with E-state index >= 15 is 0 Å². The van der Waals surface area contributed by atoms with Gasteiger partial charge in [-0.3, -0.25) is 9.89 Å². The second kappa shape index (κ2) is 4.52. The van der Waals surface area contributed by atoms with Gasteiger partial charge in [0.15, 0.2) is 5.65 Å². The normalized spacial score (nSPS) is 10.8. The van der Waals surface area contributed by atoms with Crippen LogP contribution >= 0.6 is 11.8 Å². The molecule has 6 heteroatoms. The second-order valence-electron chi connectivity index (χ2n) is 3.30. The summed E-state index contributed by atoms with van der Waals surface area (Å²) < 4.78 is 1.47. The van der Waals surface area contributed by atoms with Crippen LogP contribution in [0.25, 0.3) is 11.0 Å². The topological polar surface area (TPSA) is 63.6 Å². The molecule has 0 spiro atoms. The zero-order chi connectivity index (χ0) is 11.5. The summed E-state index contributed by atoms with van der Waals surface area (Å²) in [5.41, 5.74) is 0.483. The smallest absolute Gasteiger partial charge is 0.277 e. The summed E-state index contributed by atoms with van der Waals surface area (Å²) in [5, 5.41) is 3.46. The lowest BCUT2D eigenvalue weighted by atomic mass is 10.4. The number of aromatic amines is 1. The first-order valence-corrected chi connectivity index (χ1v) is 6.20. The molecule has 84 valence electrons. The summed E-state index contributed by atoms with van der Waals surface area (Å²) in [6.45, 7) is 4.05. The van der Waals surface area contributed by atoms with Crippen molar-refractivity contribution in [2.24, 2.45) is 0 Å². The van der Waals surface area contributed by atoms with Crippen molar-refractivity contribution >= 4 is 22.8 Å². The molecule has 1 N–H and O–H groups in total. The summed E-state index contributed by atoms with van der Waals surface area (Å²) in [6, 6.07) is 0. The zero-order valence-electron chi connectivity index (χ0n) is 8.93. The quantitative estimate of drug-likeness (QED) is 0.809. The molecule has 2 rings (SSSR count). The van der Waals surface area contributed by atoms with Crippen molar-refractivity contribution < 1.29 is 0 Å². The Balaban J connectivity index is 2.53. The van der Waals surface area contributed by atoms with Crippen LogP contribution < -0.4 is 5.56 Å². The molecule has 2 aromatic rings. The molecule has 0 atom stereocenters. The fraction of sp³-hybridized carbons (Fsp3) is 0.300. The molecule has 0 radical (unpaired) electrons. The van der Waals surface area contributed by atoms with E-state index in [1.165, 1.54) is 4.68 Å². The predicted octanol–water partition coefficient (Wildman–Crippen LogP) is 1.17. The number of nitrogens with zero attached hydrogens (tertiary/aromatic N) is 3. The first kappa shape index (κ1) is 10.9. The fourth-order valence-corrected chi connectivity index (χ4v) is 1.84. The minimum absolute atomic E-state index is 0.106. The van der Waals surface area contributed by atoms with Crippen LogP contribution in [-0.2, 0) is 12.3 Å². The van der Waals surface area contributed by atoms with Gasteiger partial charge >= 0.3 is 0 Å². The Bertz CT molecular complexity index is 572. The summed E-state index contributed by atoms with van der Waals surface area (Å²) in [5.74, 6) is 1.47. The van der Waals surface area contributed by atoms with Crippen molar-refractivity contribution in [2.75, 3.05) is 6.26 Å². The molecule has 0 unspecified atom stereocenters. The third-order valence-corrected chi connectivity index (χ3v) is 2.69. The minimum atomic E-state index is -0.106. The Labute approximate surface area is 96.6 Å². The van der Waals surface area contributed by atoms with Crippen molar-refractivity contribution in [3.63, 3.8) is 0 Å². The highest BCUT2D eigenvalue weighted by Gasteiger charge is 2.08. The number of fused-ring (bicyclic) bond motifs is 1. The number of aromatic nitrogens is 4. The summed E-state index contributed by atoms with van der Waals surface area (Å²) in [7, 11) is 0. The highest BCUT2D eigenvalue weighted by atomic mass is 32.2. The van der Waals surface area contributed by atoms with Gasteiger partial charge in [-0.25, -0.2) is 14.6 Å². The van der Waals surface area contributed by atoms with Crippen molar-refractivity contribution in [3.8, 4) is 0 Å². The van der Waals surface area contributed by atoms with E-state index in [1.54, 1.807) is 24.0 Å². The SMILES string of the molecule is C=CCn1[nH]c2nc(CSC)ncc2c1=O. The molecular formula is C10H12N4OS. The number of allylic oxidation sites excluding steroid dienone is 1. The Morgan fingerprint density at radius 2 is 2.50 bits per heavy atom. The van der Waals surface area contributed by atoms with Gasteiger partial charge in [-0.05, 0) is 6.26 Å². The first-order chi connectivity index (χ1) is 7.76. The average Bonchev–Trinajstić information content (AvgIpc) is 2.57. The van der Waals surface area contributed by atoms with Gasteiger partial charge in [-0.1, -0.05) is 6.08 Å². The molecule has 2 aromatic heterocycles. The lowest BCUT2D eigenvalue weighted by Gasteiger charge is -1.95. The van der Waals surface area contributed by atoms with E-state index in [1.807, 2.05) is 6.26 Å². The van der Waals surface area contributed by atoms with Crippen LogP contribution in [0.15, 0.2) is 23.6 Å². The van der Waals surface area contributed by atoms with Crippen LogP contribution in [0, 0.1) is 0 Å². The van der Waals surface area contributed by atoms with Gasteiger partial charge in [0.2, 0.25) is 0 Å². The number of nitrogens with one attached hydrogen (secondary N) is 1. The third kappa shape index (κ3) is 1.88. The number of thioether (sulfide) groups is 1. The maximum absolute atomic E-state index is 11.8. The van der Waals surface area contributed by atoms with Crippen LogP contribution in [0.4, 0.5) is 0 Å². The van der Waals surface area contributed by atoms with Gasteiger partial charge in [0, 0.05) is 6.20 Å². The molecule has 0 aliphatic rings. The van der Waals surface area contributed by atoms with Crippen LogP contribution in [0.1, 0.15) is 5.82 Å². The van der Waals surface area contributed by atoms with Crippen LogP contribution in [0.2, 0.25) is 0 Å². The van der Waals surface area contributed by atoms with Crippen molar-refractivity contribution in [1.29, 1.82) is 0 Å². The molecule has 0 fully saturated rings. The second-order valence-corrected chi connectivity index (χ2v) is 4.16. The maximum atomic E-state index is 11.8. The van der Waals surface area contributed by atoms with Gasteiger partial charge in [0.1, 0.15) is 11.2 Å². The Hall–Kier alpha value is -1.56. The fourth-order valence-electron chi connectivity index (χ4n) is 1.44. The first-order valence-electron chi connectivity index (χ1n) is 4.80. The number of rotatable bonds is 4. The molecule has 0 saturated heterocycles. The van der Waals surface area contributed by atoms with Gasteiger partial charge in [-0.15, -0.1) is 6.58 Å². The van der Waals surface area contributed by atoms with Crippen LogP contribution in [-0.4, -0.2) is 26.0 Å². The lowest BCUT2D eigenvalue weighted by molar-refractivity contribution is 0.685. The lowest BCUT2D eigenvalue weighted by Crippen LogP contribution is -2.15. The minimum Gasteiger partial charge on any atom is -0.278 e. The van der Waals surface area contributed by atoms with E-state index in [9.17, 15) is 4.79 Å². The molecule has 0 aliphatic carbocycles. The number of hydrogen-bond donors (Lipinski definition) is 1. The van der Waals surface area contributed by atoms with E-state index in [2.05, 4.69) is 21.6 Å². The summed E-state index contributed by atoms with van der Waals surface area (Å²) in [4.78, 5) is 20.2. The Morgan fingerprint density at radius 3 is 3.19 bits per heavy atom. The number of hydrogen-bond acceptors (Lipinski definition) is 4. The van der Waals surface area contributed by atoms with Gasteiger partial charge in [-0.2, -0.15) is 11.8 Å². The summed E-state index contributed by atoms with van der Waals surface area (Å²) in [6.07, 6.45) is 5.22. The van der Waals surface area contributed by atoms with Crippen molar-refractivity contribution in [1.82, 2.24) is 19.7 Å². The molecule has 0 amide bonds. The zero-order valence-corrected chi connectivity index (χ0v) is 9.75. The predicted molar refractivity (Wildman–Crippen MR) is 65.6 cm³/mol. The van der Waals surface area contributed by atoms with E-state index in [0.717, 1.165) is 11.6 Å². The maximum Gasteiger partial charge on any atom is 0.277 e. The molecule has 5 nitrogen and oxygen atoms in total. The van der Waals surface area contributed by atoms with Crippen LogP contribution in [0.3, 0.4) is 0 Å². The molecule has 0 bridgehead atoms. The van der Waals surface area contributed by atoms with Gasteiger partial charge < -0.3 is 0 Å². The molecule has 0 saturated carbocycles. The Kier molecular flexibility index (Phi) is 3.09.